The third kappa shape index (κ3) is 5.54. The standard InChI is InChI=1S/C17H20ClNO2S/c1-3-19(20)12-13(2)22-17-10-8-16(9-11-17)21-15-6-4-14(18)5-7-15/h4-11,13,20H,3,12H2,1-2H3. The number of halogens is 1. The first-order valence-corrected chi connectivity index (χ1v) is 8.46. The molecule has 0 aliphatic rings. The maximum atomic E-state index is 9.52. The Kier molecular flexibility index (Phi) is 6.58. The molecule has 0 saturated heterocycles. The lowest BCUT2D eigenvalue weighted by Crippen LogP contribution is -2.25. The first-order valence-electron chi connectivity index (χ1n) is 7.20. The second kappa shape index (κ2) is 8.44. The molecule has 2 rings (SSSR count). The summed E-state index contributed by atoms with van der Waals surface area (Å²) in [5.74, 6) is 1.55. The van der Waals surface area contributed by atoms with Gasteiger partial charge in [-0.3, -0.25) is 0 Å². The van der Waals surface area contributed by atoms with Crippen molar-refractivity contribution in [3.05, 3.63) is 53.6 Å². The van der Waals surface area contributed by atoms with Crippen LogP contribution in [0.5, 0.6) is 11.5 Å². The van der Waals surface area contributed by atoms with Gasteiger partial charge in [0, 0.05) is 28.3 Å². The van der Waals surface area contributed by atoms with Crippen molar-refractivity contribution in [2.45, 2.75) is 24.0 Å². The van der Waals surface area contributed by atoms with E-state index in [1.54, 1.807) is 23.9 Å². The van der Waals surface area contributed by atoms with Gasteiger partial charge in [0.25, 0.3) is 0 Å². The van der Waals surface area contributed by atoms with E-state index in [-0.39, 0.29) is 0 Å². The third-order valence-corrected chi connectivity index (χ3v) is 4.39. The van der Waals surface area contributed by atoms with Crippen LogP contribution in [0.1, 0.15) is 13.8 Å². The van der Waals surface area contributed by atoms with E-state index in [0.717, 1.165) is 16.4 Å². The maximum Gasteiger partial charge on any atom is 0.127 e. The average molecular weight is 338 g/mol. The third-order valence-electron chi connectivity index (χ3n) is 3.04. The number of rotatable bonds is 7. The number of hydroxylamine groups is 2. The van der Waals surface area contributed by atoms with Gasteiger partial charge in [0.2, 0.25) is 0 Å². The van der Waals surface area contributed by atoms with E-state index in [2.05, 4.69) is 6.92 Å². The van der Waals surface area contributed by atoms with E-state index < -0.39 is 0 Å². The molecule has 2 aromatic carbocycles. The molecule has 5 heteroatoms. The Bertz CT molecular complexity index is 574. The monoisotopic (exact) mass is 337 g/mol. The fraction of sp³-hybridized carbons (Fsp3) is 0.294. The molecule has 0 saturated carbocycles. The van der Waals surface area contributed by atoms with Crippen molar-refractivity contribution < 1.29 is 9.94 Å². The molecular formula is C17H20ClNO2S. The van der Waals surface area contributed by atoms with E-state index in [4.69, 9.17) is 16.3 Å². The minimum absolute atomic E-state index is 0.313. The molecule has 0 aromatic heterocycles. The molecule has 1 unspecified atom stereocenters. The van der Waals surface area contributed by atoms with Crippen molar-refractivity contribution in [1.82, 2.24) is 5.06 Å². The summed E-state index contributed by atoms with van der Waals surface area (Å²) >= 11 is 7.58. The quantitative estimate of drug-likeness (QED) is 0.547. The first kappa shape index (κ1) is 17.2. The molecular weight excluding hydrogens is 318 g/mol. The van der Waals surface area contributed by atoms with E-state index in [1.807, 2.05) is 43.3 Å². The van der Waals surface area contributed by atoms with Crippen LogP contribution in [0.25, 0.3) is 0 Å². The highest BCUT2D eigenvalue weighted by Crippen LogP contribution is 2.28. The lowest BCUT2D eigenvalue weighted by Gasteiger charge is -2.17. The molecule has 0 aliphatic carbocycles. The largest absolute Gasteiger partial charge is 0.457 e. The Labute approximate surface area is 140 Å². The Balaban J connectivity index is 1.91. The SMILES string of the molecule is CCN(O)CC(C)Sc1ccc(Oc2ccc(Cl)cc2)cc1. The van der Waals surface area contributed by atoms with Crippen LogP contribution in [0.4, 0.5) is 0 Å². The van der Waals surface area contributed by atoms with Crippen LogP contribution in [0.3, 0.4) is 0 Å². The summed E-state index contributed by atoms with van der Waals surface area (Å²) in [5.41, 5.74) is 0. The van der Waals surface area contributed by atoms with Gasteiger partial charge in [0.1, 0.15) is 11.5 Å². The van der Waals surface area contributed by atoms with E-state index >= 15 is 0 Å². The summed E-state index contributed by atoms with van der Waals surface area (Å²) in [7, 11) is 0. The van der Waals surface area contributed by atoms with Crippen LogP contribution >= 0.6 is 23.4 Å². The number of benzene rings is 2. The second-order valence-corrected chi connectivity index (χ2v) is 6.91. The van der Waals surface area contributed by atoms with Gasteiger partial charge in [-0.2, -0.15) is 5.06 Å². The summed E-state index contributed by atoms with van der Waals surface area (Å²) < 4.78 is 5.76. The Morgan fingerprint density at radius 1 is 1.09 bits per heavy atom. The summed E-state index contributed by atoms with van der Waals surface area (Å²) in [6.07, 6.45) is 0. The van der Waals surface area contributed by atoms with Gasteiger partial charge in [-0.1, -0.05) is 25.4 Å². The fourth-order valence-corrected chi connectivity index (χ4v) is 3.05. The zero-order valence-electron chi connectivity index (χ0n) is 12.7. The molecule has 0 heterocycles. The zero-order valence-corrected chi connectivity index (χ0v) is 14.3. The van der Waals surface area contributed by atoms with Gasteiger partial charge >= 0.3 is 0 Å². The minimum Gasteiger partial charge on any atom is -0.457 e. The van der Waals surface area contributed by atoms with Gasteiger partial charge in [0.15, 0.2) is 0 Å². The Morgan fingerprint density at radius 3 is 2.18 bits per heavy atom. The lowest BCUT2D eigenvalue weighted by molar-refractivity contribution is -0.0845. The van der Waals surface area contributed by atoms with Gasteiger partial charge in [-0.05, 0) is 48.5 Å². The van der Waals surface area contributed by atoms with Crippen LogP contribution in [-0.4, -0.2) is 28.6 Å². The number of nitrogens with zero attached hydrogens (tertiary/aromatic N) is 1. The van der Waals surface area contributed by atoms with Crippen LogP contribution < -0.4 is 4.74 Å². The summed E-state index contributed by atoms with van der Waals surface area (Å²) in [6.45, 7) is 5.31. The Morgan fingerprint density at radius 2 is 1.64 bits per heavy atom. The summed E-state index contributed by atoms with van der Waals surface area (Å²) in [4.78, 5) is 1.15. The first-order chi connectivity index (χ1) is 10.6. The van der Waals surface area contributed by atoms with Gasteiger partial charge in [-0.25, -0.2) is 0 Å². The molecule has 2 aromatic rings. The van der Waals surface area contributed by atoms with Gasteiger partial charge in [-0.15, -0.1) is 11.8 Å². The molecule has 0 aliphatic heterocycles. The molecule has 3 nitrogen and oxygen atoms in total. The van der Waals surface area contributed by atoms with E-state index in [9.17, 15) is 5.21 Å². The Hall–Kier alpha value is -1.20. The predicted molar refractivity (Wildman–Crippen MR) is 92.3 cm³/mol. The zero-order chi connectivity index (χ0) is 15.9. The maximum absolute atomic E-state index is 9.52. The van der Waals surface area contributed by atoms with Crippen molar-refractivity contribution in [1.29, 1.82) is 0 Å². The number of hydrogen-bond acceptors (Lipinski definition) is 4. The highest BCUT2D eigenvalue weighted by molar-refractivity contribution is 8.00. The molecule has 0 fully saturated rings. The molecule has 22 heavy (non-hydrogen) atoms. The molecule has 118 valence electrons. The van der Waals surface area contributed by atoms with Gasteiger partial charge in [0.05, 0.1) is 0 Å². The molecule has 1 N–H and O–H groups in total. The van der Waals surface area contributed by atoms with Gasteiger partial charge < -0.3 is 9.94 Å². The molecule has 0 bridgehead atoms. The van der Waals surface area contributed by atoms with Crippen LogP contribution in [0, 0.1) is 0 Å². The summed E-state index contributed by atoms with van der Waals surface area (Å²) in [6, 6.07) is 15.2. The highest BCUT2D eigenvalue weighted by Gasteiger charge is 2.08. The smallest absolute Gasteiger partial charge is 0.127 e. The van der Waals surface area contributed by atoms with Crippen LogP contribution in [-0.2, 0) is 0 Å². The fourth-order valence-electron chi connectivity index (χ4n) is 1.92. The van der Waals surface area contributed by atoms with Crippen molar-refractivity contribution >= 4 is 23.4 Å². The molecule has 1 atom stereocenters. The highest BCUT2D eigenvalue weighted by atomic mass is 35.5. The lowest BCUT2D eigenvalue weighted by atomic mass is 10.3. The van der Waals surface area contributed by atoms with Crippen molar-refractivity contribution in [3.8, 4) is 11.5 Å². The number of hydrogen-bond donors (Lipinski definition) is 1. The van der Waals surface area contributed by atoms with Crippen molar-refractivity contribution in [2.75, 3.05) is 13.1 Å². The normalized spacial score (nSPS) is 12.4. The number of ether oxygens (including phenoxy) is 1. The van der Waals surface area contributed by atoms with Crippen LogP contribution in [0.2, 0.25) is 5.02 Å². The molecule has 0 amide bonds. The minimum atomic E-state index is 0.313. The molecule has 0 radical (unpaired) electrons. The topological polar surface area (TPSA) is 32.7 Å². The predicted octanol–water partition coefficient (Wildman–Crippen LogP) is 5.32. The molecule has 0 spiro atoms. The van der Waals surface area contributed by atoms with E-state index in [0.29, 0.717) is 23.4 Å². The van der Waals surface area contributed by atoms with Crippen LogP contribution in [0.15, 0.2) is 53.4 Å². The summed E-state index contributed by atoms with van der Waals surface area (Å²) in [5, 5.41) is 11.9. The van der Waals surface area contributed by atoms with Crippen molar-refractivity contribution in [2.24, 2.45) is 0 Å². The number of thioether (sulfide) groups is 1. The van der Waals surface area contributed by atoms with E-state index in [1.165, 1.54) is 5.06 Å². The second-order valence-electron chi connectivity index (χ2n) is 4.96. The van der Waals surface area contributed by atoms with Crippen molar-refractivity contribution in [3.63, 3.8) is 0 Å². The average Bonchev–Trinajstić information content (AvgIpc) is 2.51.